The van der Waals surface area contributed by atoms with Crippen LogP contribution in [0.25, 0.3) is 0 Å². The van der Waals surface area contributed by atoms with E-state index in [2.05, 4.69) is 10.6 Å². The summed E-state index contributed by atoms with van der Waals surface area (Å²) in [4.78, 5) is 23.5. The number of hydrogen-bond donors (Lipinski definition) is 2. The smallest absolute Gasteiger partial charge is 0.247 e. The highest BCUT2D eigenvalue weighted by molar-refractivity contribution is 7.08. The van der Waals surface area contributed by atoms with Crippen LogP contribution in [0.15, 0.2) is 16.8 Å². The minimum atomic E-state index is -0.562. The molecule has 0 unspecified atom stereocenters. The molecular formula is C12H18N2O3S. The first kappa shape index (κ1) is 14.7. The molecule has 100 valence electrons. The molecule has 0 aliphatic heterocycles. The third-order valence-corrected chi connectivity index (χ3v) is 3.01. The minimum absolute atomic E-state index is 0.00411. The van der Waals surface area contributed by atoms with Gasteiger partial charge in [0.15, 0.2) is 0 Å². The zero-order valence-electron chi connectivity index (χ0n) is 10.7. The molecule has 1 aromatic rings. The fourth-order valence-electron chi connectivity index (χ4n) is 1.44. The largest absolute Gasteiger partial charge is 0.375 e. The van der Waals surface area contributed by atoms with Gasteiger partial charge in [-0.15, -0.1) is 0 Å². The highest BCUT2D eigenvalue weighted by atomic mass is 32.1. The lowest BCUT2D eigenvalue weighted by Gasteiger charge is -2.21. The molecule has 2 amide bonds. The molecule has 1 atom stereocenters. The third-order valence-electron chi connectivity index (χ3n) is 2.33. The molecule has 0 bridgehead atoms. The van der Waals surface area contributed by atoms with Crippen molar-refractivity contribution in [2.24, 2.45) is 5.92 Å². The lowest BCUT2D eigenvalue weighted by atomic mass is 10.0. The molecule has 5 nitrogen and oxygen atoms in total. The van der Waals surface area contributed by atoms with Gasteiger partial charge in [-0.1, -0.05) is 13.8 Å². The number of amides is 2. The molecule has 0 aliphatic rings. The fraction of sp³-hybridized carbons (Fsp3) is 0.500. The minimum Gasteiger partial charge on any atom is -0.375 e. The first-order valence-electron chi connectivity index (χ1n) is 5.66. The number of methoxy groups -OCH3 is 1. The van der Waals surface area contributed by atoms with Gasteiger partial charge in [0.1, 0.15) is 12.6 Å². The number of thiophene rings is 1. The van der Waals surface area contributed by atoms with E-state index in [1.165, 1.54) is 18.4 Å². The quantitative estimate of drug-likeness (QED) is 0.822. The predicted octanol–water partition coefficient (Wildman–Crippen LogP) is 1.47. The molecule has 6 heteroatoms. The van der Waals surface area contributed by atoms with E-state index in [1.807, 2.05) is 30.7 Å². The summed E-state index contributed by atoms with van der Waals surface area (Å²) in [5.41, 5.74) is 0.747. The van der Waals surface area contributed by atoms with E-state index in [0.29, 0.717) is 0 Å². The van der Waals surface area contributed by atoms with E-state index in [0.717, 1.165) is 5.69 Å². The first-order chi connectivity index (χ1) is 8.54. The molecule has 1 rings (SSSR count). The van der Waals surface area contributed by atoms with Crippen molar-refractivity contribution < 1.29 is 14.3 Å². The molecule has 18 heavy (non-hydrogen) atoms. The summed E-state index contributed by atoms with van der Waals surface area (Å²) in [7, 11) is 1.44. The van der Waals surface area contributed by atoms with Gasteiger partial charge in [-0.2, -0.15) is 11.3 Å². The fourth-order valence-corrected chi connectivity index (χ4v) is 2.02. The monoisotopic (exact) mass is 270 g/mol. The van der Waals surface area contributed by atoms with Gasteiger partial charge in [0, 0.05) is 12.5 Å². The van der Waals surface area contributed by atoms with Crippen LogP contribution in [0.1, 0.15) is 13.8 Å². The van der Waals surface area contributed by atoms with Crippen LogP contribution in [0, 0.1) is 5.92 Å². The van der Waals surface area contributed by atoms with Gasteiger partial charge in [-0.05, 0) is 17.4 Å². The summed E-state index contributed by atoms with van der Waals surface area (Å²) in [5, 5.41) is 9.14. The van der Waals surface area contributed by atoms with Crippen molar-refractivity contribution in [2.75, 3.05) is 19.0 Å². The van der Waals surface area contributed by atoms with Crippen molar-refractivity contribution >= 4 is 28.8 Å². The molecule has 0 saturated carbocycles. The molecule has 2 N–H and O–H groups in total. The van der Waals surface area contributed by atoms with E-state index in [4.69, 9.17) is 4.74 Å². The number of ether oxygens (including phenoxy) is 1. The summed E-state index contributed by atoms with van der Waals surface area (Å²) in [6.07, 6.45) is 0. The van der Waals surface area contributed by atoms with Crippen LogP contribution in [0.5, 0.6) is 0 Å². The Balaban J connectivity index is 2.61. The lowest BCUT2D eigenvalue weighted by Crippen LogP contribution is -2.48. The summed E-state index contributed by atoms with van der Waals surface area (Å²) in [5.74, 6) is -0.506. The number of carbonyl (C=O) groups is 2. The lowest BCUT2D eigenvalue weighted by molar-refractivity contribution is -0.129. The van der Waals surface area contributed by atoms with Crippen LogP contribution >= 0.6 is 11.3 Å². The summed E-state index contributed by atoms with van der Waals surface area (Å²) in [6.45, 7) is 3.71. The second kappa shape index (κ2) is 7.13. The Labute approximate surface area is 111 Å². The molecular weight excluding hydrogens is 252 g/mol. The van der Waals surface area contributed by atoms with Crippen LogP contribution < -0.4 is 10.6 Å². The van der Waals surface area contributed by atoms with Crippen molar-refractivity contribution in [2.45, 2.75) is 19.9 Å². The highest BCUT2D eigenvalue weighted by Crippen LogP contribution is 2.13. The average molecular weight is 270 g/mol. The number of hydrogen-bond acceptors (Lipinski definition) is 4. The number of rotatable bonds is 6. The van der Waals surface area contributed by atoms with Crippen molar-refractivity contribution in [1.82, 2.24) is 5.32 Å². The van der Waals surface area contributed by atoms with E-state index in [9.17, 15) is 9.59 Å². The average Bonchev–Trinajstić information content (AvgIpc) is 2.78. The van der Waals surface area contributed by atoms with Gasteiger partial charge in [-0.25, -0.2) is 0 Å². The van der Waals surface area contributed by atoms with Crippen LogP contribution in [-0.4, -0.2) is 31.6 Å². The molecule has 0 fully saturated rings. The second-order valence-electron chi connectivity index (χ2n) is 4.22. The maximum atomic E-state index is 12.0. The zero-order chi connectivity index (χ0) is 13.5. The highest BCUT2D eigenvalue weighted by Gasteiger charge is 2.24. The molecule has 0 radical (unpaired) electrons. The molecule has 1 aromatic heterocycles. The van der Waals surface area contributed by atoms with Gasteiger partial charge < -0.3 is 15.4 Å². The molecule has 0 aromatic carbocycles. The topological polar surface area (TPSA) is 67.4 Å². The normalized spacial score (nSPS) is 12.2. The Morgan fingerprint density at radius 1 is 1.44 bits per heavy atom. The summed E-state index contributed by atoms with van der Waals surface area (Å²) < 4.78 is 4.73. The maximum absolute atomic E-state index is 12.0. The number of anilines is 1. The SMILES string of the molecule is COCC(=O)N[C@H](C(=O)Nc1ccsc1)C(C)C. The van der Waals surface area contributed by atoms with E-state index < -0.39 is 6.04 Å². The Hall–Kier alpha value is -1.40. The van der Waals surface area contributed by atoms with Crippen LogP contribution in [0.3, 0.4) is 0 Å². The van der Waals surface area contributed by atoms with Gasteiger partial charge in [0.2, 0.25) is 11.8 Å². The molecule has 0 spiro atoms. The Kier molecular flexibility index (Phi) is 5.80. The Morgan fingerprint density at radius 3 is 2.67 bits per heavy atom. The van der Waals surface area contributed by atoms with Crippen molar-refractivity contribution in [1.29, 1.82) is 0 Å². The number of carbonyl (C=O) groups excluding carboxylic acids is 2. The number of nitrogens with one attached hydrogen (secondary N) is 2. The van der Waals surface area contributed by atoms with Crippen LogP contribution in [0.2, 0.25) is 0 Å². The van der Waals surface area contributed by atoms with Gasteiger partial charge in [0.25, 0.3) is 0 Å². The van der Waals surface area contributed by atoms with Gasteiger partial charge in [-0.3, -0.25) is 9.59 Å². The van der Waals surface area contributed by atoms with Crippen molar-refractivity contribution in [3.05, 3.63) is 16.8 Å². The van der Waals surface area contributed by atoms with E-state index in [-0.39, 0.29) is 24.3 Å². The second-order valence-corrected chi connectivity index (χ2v) is 5.00. The van der Waals surface area contributed by atoms with Crippen LogP contribution in [-0.2, 0) is 14.3 Å². The standard InChI is InChI=1S/C12H18N2O3S/c1-8(2)11(14-10(15)6-17-3)12(16)13-9-4-5-18-7-9/h4-5,7-8,11H,6H2,1-3H3,(H,13,16)(H,14,15)/t11-/m0/s1. The van der Waals surface area contributed by atoms with Gasteiger partial charge in [0.05, 0.1) is 5.69 Å². The van der Waals surface area contributed by atoms with Crippen LogP contribution in [0.4, 0.5) is 5.69 Å². The van der Waals surface area contributed by atoms with Crippen molar-refractivity contribution in [3.8, 4) is 0 Å². The first-order valence-corrected chi connectivity index (χ1v) is 6.60. The van der Waals surface area contributed by atoms with Crippen molar-refractivity contribution in [3.63, 3.8) is 0 Å². The maximum Gasteiger partial charge on any atom is 0.247 e. The van der Waals surface area contributed by atoms with Gasteiger partial charge >= 0.3 is 0 Å². The third kappa shape index (κ3) is 4.46. The predicted molar refractivity (Wildman–Crippen MR) is 71.6 cm³/mol. The summed E-state index contributed by atoms with van der Waals surface area (Å²) in [6, 6.07) is 1.25. The van der Waals surface area contributed by atoms with E-state index in [1.54, 1.807) is 0 Å². The molecule has 0 aliphatic carbocycles. The summed E-state index contributed by atoms with van der Waals surface area (Å²) >= 11 is 1.50. The Morgan fingerprint density at radius 2 is 2.17 bits per heavy atom. The molecule has 0 saturated heterocycles. The Bertz CT molecular complexity index is 390. The molecule has 1 heterocycles. The zero-order valence-corrected chi connectivity index (χ0v) is 11.5. The van der Waals surface area contributed by atoms with E-state index >= 15 is 0 Å².